The minimum atomic E-state index is -0.205. The lowest BCUT2D eigenvalue weighted by Crippen LogP contribution is -2.42. The van der Waals surface area contributed by atoms with Crippen LogP contribution in [-0.4, -0.2) is 17.3 Å². The lowest BCUT2D eigenvalue weighted by Gasteiger charge is -2.23. The summed E-state index contributed by atoms with van der Waals surface area (Å²) in [4.78, 5) is 0. The summed E-state index contributed by atoms with van der Waals surface area (Å²) >= 11 is 0. The van der Waals surface area contributed by atoms with Crippen molar-refractivity contribution in [1.82, 2.24) is 5.32 Å². The number of hydrogen-bond acceptors (Lipinski definition) is 2. The van der Waals surface area contributed by atoms with Crippen molar-refractivity contribution in [3.63, 3.8) is 0 Å². The van der Waals surface area contributed by atoms with Gasteiger partial charge in [0.1, 0.15) is 0 Å². The molecule has 0 radical (unpaired) electrons. The number of aliphatic hydroxyl groups is 1. The fraction of sp³-hybridized carbons (Fsp3) is 0.538. The van der Waals surface area contributed by atoms with E-state index in [1.165, 1.54) is 11.1 Å². The summed E-state index contributed by atoms with van der Waals surface area (Å²) in [5, 5.41) is 12.4. The van der Waals surface area contributed by atoms with Crippen molar-refractivity contribution in [2.45, 2.75) is 39.3 Å². The first-order valence-corrected chi connectivity index (χ1v) is 5.51. The molecule has 0 saturated carbocycles. The predicted molar refractivity (Wildman–Crippen MR) is 63.8 cm³/mol. The van der Waals surface area contributed by atoms with Crippen molar-refractivity contribution in [3.05, 3.63) is 35.4 Å². The van der Waals surface area contributed by atoms with E-state index in [0.29, 0.717) is 0 Å². The molecule has 0 amide bonds. The molecule has 0 saturated heterocycles. The van der Waals surface area contributed by atoms with Crippen molar-refractivity contribution < 1.29 is 5.11 Å². The molecule has 0 unspecified atom stereocenters. The van der Waals surface area contributed by atoms with Gasteiger partial charge in [0.15, 0.2) is 0 Å². The normalized spacial score (nSPS) is 11.7. The second-order valence-electron chi connectivity index (χ2n) is 4.57. The maximum absolute atomic E-state index is 9.09. The fourth-order valence-electron chi connectivity index (χ4n) is 1.29. The van der Waals surface area contributed by atoms with Gasteiger partial charge >= 0.3 is 0 Å². The second-order valence-corrected chi connectivity index (χ2v) is 4.57. The van der Waals surface area contributed by atoms with Crippen LogP contribution in [0.2, 0.25) is 0 Å². The number of aryl methyl sites for hydroxylation is 1. The van der Waals surface area contributed by atoms with Crippen molar-refractivity contribution in [1.29, 1.82) is 0 Å². The summed E-state index contributed by atoms with van der Waals surface area (Å²) in [6.07, 6.45) is 1.08. The first-order chi connectivity index (χ1) is 7.07. The van der Waals surface area contributed by atoms with Gasteiger partial charge in [0.25, 0.3) is 0 Å². The largest absolute Gasteiger partial charge is 0.394 e. The van der Waals surface area contributed by atoms with Crippen LogP contribution < -0.4 is 5.32 Å². The maximum Gasteiger partial charge on any atom is 0.0607 e. The Morgan fingerprint density at radius 2 is 1.67 bits per heavy atom. The fourth-order valence-corrected chi connectivity index (χ4v) is 1.29. The molecule has 2 nitrogen and oxygen atoms in total. The van der Waals surface area contributed by atoms with Gasteiger partial charge in [0.05, 0.1) is 6.61 Å². The van der Waals surface area contributed by atoms with E-state index in [-0.39, 0.29) is 12.1 Å². The van der Waals surface area contributed by atoms with E-state index in [9.17, 15) is 0 Å². The number of aliphatic hydroxyl groups excluding tert-OH is 1. The minimum absolute atomic E-state index is 0.153. The lowest BCUT2D eigenvalue weighted by molar-refractivity contribution is 0.187. The summed E-state index contributed by atoms with van der Waals surface area (Å²) in [5.74, 6) is 0. The van der Waals surface area contributed by atoms with Gasteiger partial charge in [-0.3, -0.25) is 0 Å². The number of nitrogens with one attached hydrogen (secondary N) is 1. The van der Waals surface area contributed by atoms with Crippen LogP contribution in [0.3, 0.4) is 0 Å². The third kappa shape index (κ3) is 4.02. The van der Waals surface area contributed by atoms with Gasteiger partial charge in [0, 0.05) is 12.1 Å². The first-order valence-electron chi connectivity index (χ1n) is 5.51. The van der Waals surface area contributed by atoms with Gasteiger partial charge in [-0.1, -0.05) is 31.2 Å². The van der Waals surface area contributed by atoms with Gasteiger partial charge in [-0.2, -0.15) is 0 Å². The molecule has 1 rings (SSSR count). The predicted octanol–water partition coefficient (Wildman–Crippen LogP) is 2.11. The molecule has 84 valence electrons. The molecular weight excluding hydrogens is 186 g/mol. The Morgan fingerprint density at radius 3 is 2.13 bits per heavy atom. The van der Waals surface area contributed by atoms with Gasteiger partial charge in [-0.15, -0.1) is 0 Å². The van der Waals surface area contributed by atoms with Crippen LogP contribution in [0.25, 0.3) is 0 Å². The maximum atomic E-state index is 9.09. The van der Waals surface area contributed by atoms with Gasteiger partial charge in [0.2, 0.25) is 0 Å². The average Bonchev–Trinajstić information content (AvgIpc) is 2.27. The van der Waals surface area contributed by atoms with Crippen molar-refractivity contribution in [3.8, 4) is 0 Å². The first kappa shape index (κ1) is 12.2. The molecule has 2 N–H and O–H groups in total. The molecule has 1 aromatic carbocycles. The van der Waals surface area contributed by atoms with E-state index in [2.05, 4.69) is 36.5 Å². The Bertz CT molecular complexity index is 290. The highest BCUT2D eigenvalue weighted by molar-refractivity contribution is 5.22. The molecular formula is C13H21NO. The van der Waals surface area contributed by atoms with Crippen LogP contribution in [0.5, 0.6) is 0 Å². The SMILES string of the molecule is CCc1ccc(CNC(C)(C)CO)cc1. The van der Waals surface area contributed by atoms with Crippen molar-refractivity contribution >= 4 is 0 Å². The molecule has 2 heteroatoms. The molecule has 15 heavy (non-hydrogen) atoms. The summed E-state index contributed by atoms with van der Waals surface area (Å²) in [7, 11) is 0. The van der Waals surface area contributed by atoms with Gasteiger partial charge in [-0.05, 0) is 31.4 Å². The van der Waals surface area contributed by atoms with E-state index >= 15 is 0 Å². The molecule has 0 fully saturated rings. The lowest BCUT2D eigenvalue weighted by atomic mass is 10.1. The zero-order valence-corrected chi connectivity index (χ0v) is 9.88. The highest BCUT2D eigenvalue weighted by atomic mass is 16.3. The van der Waals surface area contributed by atoms with E-state index < -0.39 is 0 Å². The highest BCUT2D eigenvalue weighted by Crippen LogP contribution is 2.07. The molecule has 0 aliphatic carbocycles. The molecule has 0 bridgehead atoms. The Balaban J connectivity index is 2.51. The van der Waals surface area contributed by atoms with Crippen LogP contribution in [-0.2, 0) is 13.0 Å². The molecule has 0 aliphatic rings. The zero-order chi connectivity index (χ0) is 11.3. The average molecular weight is 207 g/mol. The summed E-state index contributed by atoms with van der Waals surface area (Å²) in [5.41, 5.74) is 2.41. The van der Waals surface area contributed by atoms with Gasteiger partial charge < -0.3 is 10.4 Å². The third-order valence-electron chi connectivity index (χ3n) is 2.60. The third-order valence-corrected chi connectivity index (χ3v) is 2.60. The molecule has 0 atom stereocenters. The van der Waals surface area contributed by atoms with Crippen LogP contribution in [0.1, 0.15) is 31.9 Å². The topological polar surface area (TPSA) is 32.3 Å². The van der Waals surface area contributed by atoms with Crippen molar-refractivity contribution in [2.24, 2.45) is 0 Å². The number of hydrogen-bond donors (Lipinski definition) is 2. The Hall–Kier alpha value is -0.860. The standard InChI is InChI=1S/C13H21NO/c1-4-11-5-7-12(8-6-11)9-14-13(2,3)10-15/h5-8,14-15H,4,9-10H2,1-3H3. The minimum Gasteiger partial charge on any atom is -0.394 e. The summed E-state index contributed by atoms with van der Waals surface area (Å²) in [6, 6.07) is 8.59. The number of rotatable bonds is 5. The Morgan fingerprint density at radius 1 is 1.13 bits per heavy atom. The highest BCUT2D eigenvalue weighted by Gasteiger charge is 2.14. The molecule has 0 aromatic heterocycles. The number of benzene rings is 1. The van der Waals surface area contributed by atoms with Crippen LogP contribution in [0, 0.1) is 0 Å². The smallest absolute Gasteiger partial charge is 0.0607 e. The quantitative estimate of drug-likeness (QED) is 0.775. The van der Waals surface area contributed by atoms with Crippen molar-refractivity contribution in [2.75, 3.05) is 6.61 Å². The summed E-state index contributed by atoms with van der Waals surface area (Å²) < 4.78 is 0. The van der Waals surface area contributed by atoms with Gasteiger partial charge in [-0.25, -0.2) is 0 Å². The van der Waals surface area contributed by atoms with Crippen LogP contribution >= 0.6 is 0 Å². The molecule has 0 heterocycles. The van der Waals surface area contributed by atoms with Crippen LogP contribution in [0.4, 0.5) is 0 Å². The van der Waals surface area contributed by atoms with E-state index in [4.69, 9.17) is 5.11 Å². The van der Waals surface area contributed by atoms with E-state index in [1.54, 1.807) is 0 Å². The second kappa shape index (κ2) is 5.29. The summed E-state index contributed by atoms with van der Waals surface area (Å²) in [6.45, 7) is 7.10. The molecule has 0 spiro atoms. The van der Waals surface area contributed by atoms with Crippen LogP contribution in [0.15, 0.2) is 24.3 Å². The van der Waals surface area contributed by atoms with E-state index in [1.807, 2.05) is 13.8 Å². The molecule has 1 aromatic rings. The zero-order valence-electron chi connectivity index (χ0n) is 9.88. The Labute approximate surface area is 92.3 Å². The molecule has 0 aliphatic heterocycles. The van der Waals surface area contributed by atoms with E-state index in [0.717, 1.165) is 13.0 Å². The Kier molecular flexibility index (Phi) is 4.30. The monoisotopic (exact) mass is 207 g/mol.